The van der Waals surface area contributed by atoms with Crippen molar-refractivity contribution in [3.05, 3.63) is 23.9 Å². The van der Waals surface area contributed by atoms with E-state index in [-0.39, 0.29) is 0 Å². The first kappa shape index (κ1) is 19.9. The van der Waals surface area contributed by atoms with Crippen LogP contribution >= 0.6 is 0 Å². The number of likely N-dealkylation sites (tertiary alicyclic amines) is 1. The van der Waals surface area contributed by atoms with Crippen LogP contribution in [0.5, 0.6) is 0 Å². The average molecular weight is 373 g/mol. The Balaban J connectivity index is 1.49. The van der Waals surface area contributed by atoms with Gasteiger partial charge < -0.3 is 20.4 Å². The van der Waals surface area contributed by atoms with Gasteiger partial charge in [-0.15, -0.1) is 0 Å². The summed E-state index contributed by atoms with van der Waals surface area (Å²) in [4.78, 5) is 14.4. The van der Waals surface area contributed by atoms with E-state index in [0.717, 1.165) is 56.5 Å². The highest BCUT2D eigenvalue weighted by Crippen LogP contribution is 2.18. The van der Waals surface area contributed by atoms with E-state index >= 15 is 0 Å². The molecule has 3 rings (SSSR count). The number of rotatable bonds is 5. The summed E-state index contributed by atoms with van der Waals surface area (Å²) in [6.45, 7) is 10.5. The maximum atomic E-state index is 4.90. The maximum absolute atomic E-state index is 4.90. The van der Waals surface area contributed by atoms with Crippen molar-refractivity contribution >= 4 is 11.8 Å². The first-order valence-corrected chi connectivity index (χ1v) is 10.6. The first-order chi connectivity index (χ1) is 13.1. The Labute approximate surface area is 164 Å². The van der Waals surface area contributed by atoms with E-state index in [9.17, 15) is 0 Å². The molecule has 2 N–H and O–H groups in total. The number of piperidine rings is 2. The fourth-order valence-corrected chi connectivity index (χ4v) is 4.11. The lowest BCUT2D eigenvalue weighted by molar-refractivity contribution is 0.214. The van der Waals surface area contributed by atoms with Crippen LogP contribution in [0.15, 0.2) is 23.2 Å². The second-order valence-corrected chi connectivity index (χ2v) is 8.03. The zero-order chi connectivity index (χ0) is 19.1. The smallest absolute Gasteiger partial charge is 0.191 e. The molecule has 2 aliphatic heterocycles. The van der Waals surface area contributed by atoms with Crippen molar-refractivity contribution in [2.75, 3.05) is 51.2 Å². The second-order valence-electron chi connectivity index (χ2n) is 8.03. The molecule has 2 fully saturated rings. The van der Waals surface area contributed by atoms with E-state index < -0.39 is 0 Å². The monoisotopic (exact) mass is 372 g/mol. The maximum Gasteiger partial charge on any atom is 0.191 e. The lowest BCUT2D eigenvalue weighted by Crippen LogP contribution is -2.49. The van der Waals surface area contributed by atoms with E-state index in [0.29, 0.717) is 12.0 Å². The van der Waals surface area contributed by atoms with Crippen LogP contribution in [0.3, 0.4) is 0 Å². The Morgan fingerprint density at radius 1 is 1.22 bits per heavy atom. The van der Waals surface area contributed by atoms with E-state index in [1.54, 1.807) is 0 Å². The Bertz CT molecular complexity index is 608. The van der Waals surface area contributed by atoms with E-state index in [1.807, 2.05) is 0 Å². The molecule has 27 heavy (non-hydrogen) atoms. The summed E-state index contributed by atoms with van der Waals surface area (Å²) in [7, 11) is 2.22. The summed E-state index contributed by atoms with van der Waals surface area (Å²) in [5.41, 5.74) is 1.09. The zero-order valence-electron chi connectivity index (χ0n) is 17.2. The molecule has 150 valence electrons. The van der Waals surface area contributed by atoms with Crippen LogP contribution < -0.4 is 15.5 Å². The minimum atomic E-state index is 0.484. The molecule has 6 nitrogen and oxygen atoms in total. The standard InChI is InChI=1S/C21H36N6/c1-4-22-21(23-15-18-8-6-12-26(3)16-18)25-19-10-13-27(14-11-19)20-9-5-7-17(2)24-20/h5,7,9,18-19H,4,6,8,10-16H2,1-3H3,(H2,22,23,25). The molecule has 1 atom stereocenters. The molecule has 2 saturated heterocycles. The summed E-state index contributed by atoms with van der Waals surface area (Å²) in [6, 6.07) is 6.76. The second kappa shape index (κ2) is 9.93. The molecule has 0 spiro atoms. The molecule has 2 aliphatic rings. The topological polar surface area (TPSA) is 55.8 Å². The lowest BCUT2D eigenvalue weighted by Gasteiger charge is -2.34. The highest BCUT2D eigenvalue weighted by Gasteiger charge is 2.21. The average Bonchev–Trinajstić information content (AvgIpc) is 2.67. The van der Waals surface area contributed by atoms with Gasteiger partial charge in [-0.1, -0.05) is 6.07 Å². The molecule has 0 aromatic carbocycles. The van der Waals surface area contributed by atoms with E-state index in [1.165, 1.54) is 25.9 Å². The summed E-state index contributed by atoms with van der Waals surface area (Å²) in [5.74, 6) is 2.78. The van der Waals surface area contributed by atoms with Crippen molar-refractivity contribution in [3.8, 4) is 0 Å². The predicted octanol–water partition coefficient (Wildman–Crippen LogP) is 2.26. The van der Waals surface area contributed by atoms with Crippen LogP contribution in [-0.2, 0) is 0 Å². The van der Waals surface area contributed by atoms with Gasteiger partial charge in [-0.25, -0.2) is 4.98 Å². The van der Waals surface area contributed by atoms with E-state index in [4.69, 9.17) is 4.99 Å². The largest absolute Gasteiger partial charge is 0.357 e. The molecule has 0 aliphatic carbocycles. The Morgan fingerprint density at radius 2 is 2.04 bits per heavy atom. The number of pyridine rings is 1. The number of hydrogen-bond acceptors (Lipinski definition) is 4. The third-order valence-corrected chi connectivity index (χ3v) is 5.61. The first-order valence-electron chi connectivity index (χ1n) is 10.6. The van der Waals surface area contributed by atoms with Crippen LogP contribution in [0, 0.1) is 12.8 Å². The zero-order valence-corrected chi connectivity index (χ0v) is 17.2. The highest BCUT2D eigenvalue weighted by atomic mass is 15.2. The van der Waals surface area contributed by atoms with Crippen LogP contribution in [0.4, 0.5) is 5.82 Å². The van der Waals surface area contributed by atoms with Gasteiger partial charge in [0.2, 0.25) is 0 Å². The van der Waals surface area contributed by atoms with Crippen molar-refractivity contribution in [2.24, 2.45) is 10.9 Å². The third-order valence-electron chi connectivity index (χ3n) is 5.61. The number of aromatic nitrogens is 1. The highest BCUT2D eigenvalue weighted by molar-refractivity contribution is 5.80. The Kier molecular flexibility index (Phi) is 7.33. The van der Waals surface area contributed by atoms with Crippen molar-refractivity contribution in [2.45, 2.75) is 45.6 Å². The van der Waals surface area contributed by atoms with Gasteiger partial charge in [0, 0.05) is 44.5 Å². The molecule has 1 aromatic heterocycles. The number of aryl methyl sites for hydroxylation is 1. The molecule has 0 amide bonds. The van der Waals surface area contributed by atoms with Gasteiger partial charge in [0.05, 0.1) is 0 Å². The minimum Gasteiger partial charge on any atom is -0.357 e. The molecular formula is C21H36N6. The number of nitrogens with one attached hydrogen (secondary N) is 2. The SMILES string of the molecule is CCNC(=NCC1CCCN(C)C1)NC1CCN(c2cccc(C)n2)CC1. The fourth-order valence-electron chi connectivity index (χ4n) is 4.11. The number of nitrogens with zero attached hydrogens (tertiary/aromatic N) is 4. The molecule has 0 saturated carbocycles. The molecule has 1 unspecified atom stereocenters. The fraction of sp³-hybridized carbons (Fsp3) is 0.714. The van der Waals surface area contributed by atoms with Crippen molar-refractivity contribution in [1.82, 2.24) is 20.5 Å². The van der Waals surface area contributed by atoms with Crippen LogP contribution in [0.1, 0.15) is 38.3 Å². The van der Waals surface area contributed by atoms with Gasteiger partial charge in [-0.05, 0) is 71.2 Å². The van der Waals surface area contributed by atoms with Gasteiger partial charge in [-0.2, -0.15) is 0 Å². The summed E-state index contributed by atoms with van der Waals surface area (Å²) in [6.07, 6.45) is 4.83. The van der Waals surface area contributed by atoms with Crippen molar-refractivity contribution in [1.29, 1.82) is 0 Å². The van der Waals surface area contributed by atoms with E-state index in [2.05, 4.69) is 64.5 Å². The van der Waals surface area contributed by atoms with Crippen molar-refractivity contribution < 1.29 is 0 Å². The van der Waals surface area contributed by atoms with Crippen LogP contribution in [0.2, 0.25) is 0 Å². The van der Waals surface area contributed by atoms with Gasteiger partial charge in [0.15, 0.2) is 5.96 Å². The molecule has 0 radical (unpaired) electrons. The lowest BCUT2D eigenvalue weighted by atomic mass is 9.99. The summed E-state index contributed by atoms with van der Waals surface area (Å²) >= 11 is 0. The van der Waals surface area contributed by atoms with Gasteiger partial charge in [-0.3, -0.25) is 4.99 Å². The number of aliphatic imine (C=N–C) groups is 1. The summed E-state index contributed by atoms with van der Waals surface area (Å²) in [5, 5.41) is 7.10. The summed E-state index contributed by atoms with van der Waals surface area (Å²) < 4.78 is 0. The molecular weight excluding hydrogens is 336 g/mol. The Hall–Kier alpha value is -1.82. The number of guanidine groups is 1. The van der Waals surface area contributed by atoms with Crippen LogP contribution in [-0.4, -0.2) is 68.2 Å². The Morgan fingerprint density at radius 3 is 2.74 bits per heavy atom. The molecule has 6 heteroatoms. The molecule has 1 aromatic rings. The minimum absolute atomic E-state index is 0.484. The number of hydrogen-bond donors (Lipinski definition) is 2. The van der Waals surface area contributed by atoms with Gasteiger partial charge >= 0.3 is 0 Å². The van der Waals surface area contributed by atoms with Crippen molar-refractivity contribution in [3.63, 3.8) is 0 Å². The molecule has 0 bridgehead atoms. The molecule has 3 heterocycles. The van der Waals surface area contributed by atoms with Crippen LogP contribution in [0.25, 0.3) is 0 Å². The normalized spacial score (nSPS) is 22.7. The number of anilines is 1. The quantitative estimate of drug-likeness (QED) is 0.613. The third kappa shape index (κ3) is 6.09. The van der Waals surface area contributed by atoms with Gasteiger partial charge in [0.25, 0.3) is 0 Å². The predicted molar refractivity (Wildman–Crippen MR) is 114 cm³/mol. The van der Waals surface area contributed by atoms with Gasteiger partial charge in [0.1, 0.15) is 5.82 Å².